The molecule has 0 spiro atoms. The molecule has 1 aromatic rings. The van der Waals surface area contributed by atoms with Crippen molar-refractivity contribution >= 4 is 5.69 Å². The second-order valence-electron chi connectivity index (χ2n) is 6.19. The van der Waals surface area contributed by atoms with E-state index in [0.717, 1.165) is 43.9 Å². The SMILES string of the molecule is CCCN(CCN(C)C)c1c(F)cccc1CNC1CC1. The molecule has 1 saturated carbocycles. The number of para-hydroxylation sites is 1. The van der Waals surface area contributed by atoms with Crippen molar-refractivity contribution in [3.8, 4) is 0 Å². The van der Waals surface area contributed by atoms with E-state index in [2.05, 4.69) is 36.1 Å². The van der Waals surface area contributed by atoms with Crippen molar-refractivity contribution in [2.24, 2.45) is 0 Å². The topological polar surface area (TPSA) is 18.5 Å². The van der Waals surface area contributed by atoms with Gasteiger partial charge in [0.05, 0.1) is 5.69 Å². The number of rotatable bonds is 9. The maximum absolute atomic E-state index is 14.4. The molecule has 21 heavy (non-hydrogen) atoms. The fourth-order valence-corrected chi connectivity index (χ4v) is 2.52. The maximum Gasteiger partial charge on any atom is 0.146 e. The number of nitrogens with one attached hydrogen (secondary N) is 1. The predicted molar refractivity (Wildman–Crippen MR) is 87.3 cm³/mol. The largest absolute Gasteiger partial charge is 0.368 e. The fourth-order valence-electron chi connectivity index (χ4n) is 2.52. The van der Waals surface area contributed by atoms with Gasteiger partial charge in [0.2, 0.25) is 0 Å². The number of hydrogen-bond donors (Lipinski definition) is 1. The smallest absolute Gasteiger partial charge is 0.146 e. The lowest BCUT2D eigenvalue weighted by Crippen LogP contribution is -2.34. The van der Waals surface area contributed by atoms with Crippen LogP contribution in [0.25, 0.3) is 0 Å². The molecule has 0 bridgehead atoms. The van der Waals surface area contributed by atoms with Gasteiger partial charge in [0.1, 0.15) is 5.82 Å². The van der Waals surface area contributed by atoms with Crippen molar-refractivity contribution in [3.05, 3.63) is 29.6 Å². The Morgan fingerprint density at radius 3 is 2.57 bits per heavy atom. The monoisotopic (exact) mass is 293 g/mol. The number of likely N-dealkylation sites (N-methyl/N-ethyl adjacent to an activating group) is 1. The van der Waals surface area contributed by atoms with Crippen molar-refractivity contribution in [2.45, 2.75) is 38.8 Å². The summed E-state index contributed by atoms with van der Waals surface area (Å²) in [6.45, 7) is 5.60. The van der Waals surface area contributed by atoms with Crippen LogP contribution in [0, 0.1) is 5.82 Å². The zero-order valence-corrected chi connectivity index (χ0v) is 13.5. The normalized spacial score (nSPS) is 14.7. The van der Waals surface area contributed by atoms with Gasteiger partial charge >= 0.3 is 0 Å². The van der Waals surface area contributed by atoms with E-state index in [1.54, 1.807) is 6.07 Å². The average molecular weight is 293 g/mol. The second-order valence-corrected chi connectivity index (χ2v) is 6.19. The van der Waals surface area contributed by atoms with Crippen molar-refractivity contribution in [1.29, 1.82) is 0 Å². The third-order valence-electron chi connectivity index (χ3n) is 3.86. The van der Waals surface area contributed by atoms with Crippen molar-refractivity contribution < 1.29 is 4.39 Å². The Morgan fingerprint density at radius 2 is 1.95 bits per heavy atom. The average Bonchev–Trinajstić information content (AvgIpc) is 3.26. The van der Waals surface area contributed by atoms with Gasteiger partial charge in [-0.25, -0.2) is 4.39 Å². The van der Waals surface area contributed by atoms with Gasteiger partial charge in [-0.3, -0.25) is 0 Å². The summed E-state index contributed by atoms with van der Waals surface area (Å²) in [5, 5.41) is 3.50. The quantitative estimate of drug-likeness (QED) is 0.755. The molecule has 2 rings (SSSR count). The molecule has 0 aliphatic heterocycles. The molecule has 0 aromatic heterocycles. The lowest BCUT2D eigenvalue weighted by Gasteiger charge is -2.28. The molecule has 0 unspecified atom stereocenters. The van der Waals surface area contributed by atoms with E-state index < -0.39 is 0 Å². The number of halogens is 1. The Balaban J connectivity index is 2.14. The Bertz CT molecular complexity index is 444. The molecule has 4 heteroatoms. The van der Waals surface area contributed by atoms with Gasteiger partial charge in [-0.2, -0.15) is 0 Å². The molecule has 0 amide bonds. The molecule has 118 valence electrons. The Hall–Kier alpha value is -1.13. The van der Waals surface area contributed by atoms with E-state index >= 15 is 0 Å². The minimum absolute atomic E-state index is 0.0997. The first-order valence-electron chi connectivity index (χ1n) is 8.02. The zero-order chi connectivity index (χ0) is 15.2. The molecule has 0 radical (unpaired) electrons. The van der Waals surface area contributed by atoms with Crippen LogP contribution in [-0.4, -0.2) is 44.7 Å². The maximum atomic E-state index is 14.4. The van der Waals surface area contributed by atoms with Gasteiger partial charge in [0.15, 0.2) is 0 Å². The number of anilines is 1. The molecule has 1 aromatic carbocycles. The number of benzene rings is 1. The summed E-state index contributed by atoms with van der Waals surface area (Å²) < 4.78 is 14.4. The fraction of sp³-hybridized carbons (Fsp3) is 0.647. The third-order valence-corrected chi connectivity index (χ3v) is 3.86. The molecule has 0 atom stereocenters. The van der Waals surface area contributed by atoms with E-state index in [9.17, 15) is 4.39 Å². The molecule has 0 saturated heterocycles. The lowest BCUT2D eigenvalue weighted by molar-refractivity contribution is 0.411. The molecule has 1 aliphatic carbocycles. The van der Waals surface area contributed by atoms with Crippen molar-refractivity contribution in [2.75, 3.05) is 38.6 Å². The lowest BCUT2D eigenvalue weighted by atomic mass is 10.1. The van der Waals surface area contributed by atoms with Crippen LogP contribution in [-0.2, 0) is 6.54 Å². The van der Waals surface area contributed by atoms with Crippen LogP contribution in [0.1, 0.15) is 31.7 Å². The van der Waals surface area contributed by atoms with E-state index in [-0.39, 0.29) is 5.82 Å². The van der Waals surface area contributed by atoms with Crippen LogP contribution >= 0.6 is 0 Å². The highest BCUT2D eigenvalue weighted by Crippen LogP contribution is 2.26. The first-order chi connectivity index (χ1) is 10.1. The highest BCUT2D eigenvalue weighted by Gasteiger charge is 2.22. The van der Waals surface area contributed by atoms with Crippen LogP contribution < -0.4 is 10.2 Å². The predicted octanol–water partition coefficient (Wildman–Crippen LogP) is 2.86. The van der Waals surface area contributed by atoms with Crippen LogP contribution in [0.4, 0.5) is 10.1 Å². The van der Waals surface area contributed by atoms with Crippen LogP contribution in [0.2, 0.25) is 0 Å². The Morgan fingerprint density at radius 1 is 1.19 bits per heavy atom. The van der Waals surface area contributed by atoms with Crippen LogP contribution in [0.3, 0.4) is 0 Å². The molecule has 0 heterocycles. The van der Waals surface area contributed by atoms with Gasteiger partial charge in [-0.15, -0.1) is 0 Å². The summed E-state index contributed by atoms with van der Waals surface area (Å²) in [4.78, 5) is 4.34. The standard InChI is InChI=1S/C17H28FN3/c1-4-10-21(12-11-20(2)3)17-14(6-5-7-16(17)18)13-19-15-8-9-15/h5-7,15,19H,4,8-13H2,1-3H3. The van der Waals surface area contributed by atoms with Gasteiger partial charge in [0, 0.05) is 32.2 Å². The first-order valence-corrected chi connectivity index (χ1v) is 8.02. The summed E-state index contributed by atoms with van der Waals surface area (Å²) in [6.07, 6.45) is 3.53. The summed E-state index contributed by atoms with van der Waals surface area (Å²) in [5.41, 5.74) is 1.86. The van der Waals surface area contributed by atoms with Gasteiger partial charge < -0.3 is 15.1 Å². The molecule has 3 nitrogen and oxygen atoms in total. The van der Waals surface area contributed by atoms with Gasteiger partial charge in [-0.05, 0) is 45.0 Å². The molecule has 1 aliphatic rings. The van der Waals surface area contributed by atoms with E-state index in [1.165, 1.54) is 12.8 Å². The number of nitrogens with zero attached hydrogens (tertiary/aromatic N) is 2. The molecular weight excluding hydrogens is 265 g/mol. The summed E-state index contributed by atoms with van der Waals surface area (Å²) >= 11 is 0. The summed E-state index contributed by atoms with van der Waals surface area (Å²) in [6, 6.07) is 6.08. The summed E-state index contributed by atoms with van der Waals surface area (Å²) in [5.74, 6) is -0.0997. The second kappa shape index (κ2) is 7.76. The van der Waals surface area contributed by atoms with Crippen molar-refractivity contribution in [3.63, 3.8) is 0 Å². The van der Waals surface area contributed by atoms with Gasteiger partial charge in [0.25, 0.3) is 0 Å². The van der Waals surface area contributed by atoms with Crippen LogP contribution in [0.15, 0.2) is 18.2 Å². The van der Waals surface area contributed by atoms with Gasteiger partial charge in [-0.1, -0.05) is 19.1 Å². The highest BCUT2D eigenvalue weighted by atomic mass is 19.1. The molecular formula is C17H28FN3. The van der Waals surface area contributed by atoms with E-state index in [0.29, 0.717) is 6.04 Å². The third kappa shape index (κ3) is 4.97. The molecule has 1 N–H and O–H groups in total. The molecule has 1 fully saturated rings. The highest BCUT2D eigenvalue weighted by molar-refractivity contribution is 5.55. The Labute approximate surface area is 128 Å². The minimum atomic E-state index is -0.0997. The van der Waals surface area contributed by atoms with Crippen LogP contribution in [0.5, 0.6) is 0 Å². The first kappa shape index (κ1) is 16.2. The van der Waals surface area contributed by atoms with Crippen molar-refractivity contribution in [1.82, 2.24) is 10.2 Å². The number of hydrogen-bond acceptors (Lipinski definition) is 3. The zero-order valence-electron chi connectivity index (χ0n) is 13.5. The minimum Gasteiger partial charge on any atom is -0.368 e. The summed E-state index contributed by atoms with van der Waals surface area (Å²) in [7, 11) is 4.11. The Kier molecular flexibility index (Phi) is 6.00. The van der Waals surface area contributed by atoms with E-state index in [4.69, 9.17) is 0 Å². The van der Waals surface area contributed by atoms with E-state index in [1.807, 2.05) is 12.1 Å².